The molecule has 0 heterocycles. The molecule has 0 unspecified atom stereocenters. The Hall–Kier alpha value is -0.120. The van der Waals surface area contributed by atoms with Crippen molar-refractivity contribution in [1.29, 1.82) is 0 Å². The molecule has 0 aliphatic heterocycles. The summed E-state index contributed by atoms with van der Waals surface area (Å²) in [6.07, 6.45) is 1.07. The summed E-state index contributed by atoms with van der Waals surface area (Å²) in [6, 6.07) is 0.569. The van der Waals surface area contributed by atoms with Gasteiger partial charge in [-0.2, -0.15) is 0 Å². The fraction of sp³-hybridized carbons (Fsp3) is 1.00. The van der Waals surface area contributed by atoms with Crippen molar-refractivity contribution in [2.45, 2.75) is 40.2 Å². The number of hydrogen-bond donors (Lipinski definition) is 1. The van der Waals surface area contributed by atoms with Gasteiger partial charge >= 0.3 is 0 Å². The zero-order valence-electron chi connectivity index (χ0n) is 10.7. The maximum atomic E-state index is 5.43. The van der Waals surface area contributed by atoms with Crippen LogP contribution in [0.15, 0.2) is 0 Å². The normalized spacial score (nSPS) is 11.6. The van der Waals surface area contributed by atoms with Crippen LogP contribution in [0.3, 0.4) is 0 Å². The third-order valence-corrected chi connectivity index (χ3v) is 1.84. The molecular weight excluding hydrogens is 190 g/mol. The van der Waals surface area contributed by atoms with Crippen LogP contribution in [0.1, 0.15) is 34.1 Å². The highest BCUT2D eigenvalue weighted by molar-refractivity contribution is 4.51. The monoisotopic (exact) mass is 217 g/mol. The SMILES string of the molecule is CC(C)COCCOCCCNC(C)C. The molecule has 0 aromatic heterocycles. The van der Waals surface area contributed by atoms with Gasteiger partial charge in [-0.3, -0.25) is 0 Å². The van der Waals surface area contributed by atoms with Crippen molar-refractivity contribution in [1.82, 2.24) is 5.32 Å². The van der Waals surface area contributed by atoms with E-state index < -0.39 is 0 Å². The van der Waals surface area contributed by atoms with Gasteiger partial charge in [0.15, 0.2) is 0 Å². The first-order valence-corrected chi connectivity index (χ1v) is 6.01. The lowest BCUT2D eigenvalue weighted by Gasteiger charge is -2.09. The third kappa shape index (κ3) is 13.9. The minimum Gasteiger partial charge on any atom is -0.379 e. The lowest BCUT2D eigenvalue weighted by molar-refractivity contribution is 0.0370. The average molecular weight is 217 g/mol. The average Bonchev–Trinajstić information content (AvgIpc) is 2.14. The summed E-state index contributed by atoms with van der Waals surface area (Å²) >= 11 is 0. The van der Waals surface area contributed by atoms with Crippen LogP contribution in [-0.2, 0) is 9.47 Å². The summed E-state index contributed by atoms with van der Waals surface area (Å²) in [5, 5.41) is 3.35. The molecule has 3 nitrogen and oxygen atoms in total. The van der Waals surface area contributed by atoms with E-state index in [4.69, 9.17) is 9.47 Å². The van der Waals surface area contributed by atoms with Gasteiger partial charge in [0.25, 0.3) is 0 Å². The van der Waals surface area contributed by atoms with Crippen LogP contribution in [0.2, 0.25) is 0 Å². The Morgan fingerprint density at radius 3 is 2.20 bits per heavy atom. The van der Waals surface area contributed by atoms with E-state index in [1.165, 1.54) is 0 Å². The second kappa shape index (κ2) is 10.4. The number of rotatable bonds is 10. The minimum absolute atomic E-state index is 0.569. The summed E-state index contributed by atoms with van der Waals surface area (Å²) in [4.78, 5) is 0. The van der Waals surface area contributed by atoms with Crippen molar-refractivity contribution in [2.24, 2.45) is 5.92 Å². The van der Waals surface area contributed by atoms with Crippen LogP contribution in [-0.4, -0.2) is 39.0 Å². The molecule has 1 N–H and O–H groups in total. The predicted octanol–water partition coefficient (Wildman–Crippen LogP) is 2.06. The largest absolute Gasteiger partial charge is 0.379 e. The zero-order chi connectivity index (χ0) is 11.5. The van der Waals surface area contributed by atoms with Crippen LogP contribution >= 0.6 is 0 Å². The summed E-state index contributed by atoms with van der Waals surface area (Å²) < 4.78 is 10.8. The highest BCUT2D eigenvalue weighted by Gasteiger charge is 1.94. The maximum absolute atomic E-state index is 5.43. The van der Waals surface area contributed by atoms with Gasteiger partial charge in [0.2, 0.25) is 0 Å². The van der Waals surface area contributed by atoms with Gasteiger partial charge in [-0.15, -0.1) is 0 Å². The highest BCUT2D eigenvalue weighted by Crippen LogP contribution is 1.92. The van der Waals surface area contributed by atoms with Gasteiger partial charge in [-0.25, -0.2) is 0 Å². The second-order valence-corrected chi connectivity index (χ2v) is 4.54. The van der Waals surface area contributed by atoms with E-state index in [0.29, 0.717) is 18.6 Å². The molecule has 0 fully saturated rings. The molecule has 0 aliphatic carbocycles. The van der Waals surface area contributed by atoms with E-state index in [1.54, 1.807) is 0 Å². The van der Waals surface area contributed by atoms with Crippen LogP contribution in [0.25, 0.3) is 0 Å². The molecule has 0 amide bonds. The van der Waals surface area contributed by atoms with E-state index in [9.17, 15) is 0 Å². The molecule has 0 rings (SSSR count). The zero-order valence-corrected chi connectivity index (χ0v) is 10.7. The molecule has 0 aliphatic rings. The molecule has 0 bridgehead atoms. The summed E-state index contributed by atoms with van der Waals surface area (Å²) in [6.45, 7) is 12.7. The van der Waals surface area contributed by atoms with Crippen molar-refractivity contribution >= 4 is 0 Å². The van der Waals surface area contributed by atoms with E-state index in [2.05, 4.69) is 33.0 Å². The van der Waals surface area contributed by atoms with Crippen molar-refractivity contribution < 1.29 is 9.47 Å². The molecule has 92 valence electrons. The smallest absolute Gasteiger partial charge is 0.0700 e. The van der Waals surface area contributed by atoms with Gasteiger partial charge < -0.3 is 14.8 Å². The first-order valence-electron chi connectivity index (χ1n) is 6.01. The first kappa shape index (κ1) is 14.9. The van der Waals surface area contributed by atoms with Gasteiger partial charge in [0.1, 0.15) is 0 Å². The Kier molecular flexibility index (Phi) is 10.3. The van der Waals surface area contributed by atoms with Gasteiger partial charge in [-0.1, -0.05) is 27.7 Å². The molecule has 0 spiro atoms. The van der Waals surface area contributed by atoms with Crippen molar-refractivity contribution in [3.8, 4) is 0 Å². The Morgan fingerprint density at radius 2 is 1.60 bits per heavy atom. The molecule has 0 aromatic carbocycles. The summed E-state index contributed by atoms with van der Waals surface area (Å²) in [5.74, 6) is 0.611. The standard InChI is InChI=1S/C12H27NO2/c1-11(2)10-15-9-8-14-7-5-6-13-12(3)4/h11-13H,5-10H2,1-4H3. The fourth-order valence-corrected chi connectivity index (χ4v) is 1.10. The van der Waals surface area contributed by atoms with Crippen molar-refractivity contribution in [3.05, 3.63) is 0 Å². The molecule has 0 aromatic rings. The van der Waals surface area contributed by atoms with Crippen LogP contribution in [0.4, 0.5) is 0 Å². The van der Waals surface area contributed by atoms with Crippen LogP contribution in [0, 0.1) is 5.92 Å². The highest BCUT2D eigenvalue weighted by atomic mass is 16.5. The van der Waals surface area contributed by atoms with Gasteiger partial charge in [-0.05, 0) is 18.9 Å². The first-order chi connectivity index (χ1) is 7.13. The molecule has 15 heavy (non-hydrogen) atoms. The van der Waals surface area contributed by atoms with E-state index >= 15 is 0 Å². The Balaban J connectivity index is 2.93. The molecule has 0 saturated carbocycles. The summed E-state index contributed by atoms with van der Waals surface area (Å²) in [5.41, 5.74) is 0. The van der Waals surface area contributed by atoms with Gasteiger partial charge in [0, 0.05) is 19.3 Å². The van der Waals surface area contributed by atoms with Gasteiger partial charge in [0.05, 0.1) is 13.2 Å². The van der Waals surface area contributed by atoms with Crippen molar-refractivity contribution in [3.63, 3.8) is 0 Å². The number of hydrogen-bond acceptors (Lipinski definition) is 3. The Labute approximate surface area is 94.5 Å². The lowest BCUT2D eigenvalue weighted by atomic mass is 10.2. The Bertz CT molecular complexity index is 113. The predicted molar refractivity (Wildman–Crippen MR) is 64.2 cm³/mol. The molecule has 0 radical (unpaired) electrons. The molecule has 3 heteroatoms. The number of ether oxygens (including phenoxy) is 2. The van der Waals surface area contributed by atoms with E-state index in [-0.39, 0.29) is 0 Å². The number of nitrogens with one attached hydrogen (secondary N) is 1. The maximum Gasteiger partial charge on any atom is 0.0700 e. The molecule has 0 atom stereocenters. The quantitative estimate of drug-likeness (QED) is 0.568. The topological polar surface area (TPSA) is 30.5 Å². The van der Waals surface area contributed by atoms with Crippen molar-refractivity contribution in [2.75, 3.05) is 33.0 Å². The lowest BCUT2D eigenvalue weighted by Crippen LogP contribution is -2.24. The second-order valence-electron chi connectivity index (χ2n) is 4.54. The fourth-order valence-electron chi connectivity index (χ4n) is 1.10. The minimum atomic E-state index is 0.569. The Morgan fingerprint density at radius 1 is 0.933 bits per heavy atom. The molecule has 0 saturated heterocycles. The molecular formula is C12H27NO2. The van der Waals surface area contributed by atoms with Crippen LogP contribution < -0.4 is 5.32 Å². The summed E-state index contributed by atoms with van der Waals surface area (Å²) in [7, 11) is 0. The third-order valence-electron chi connectivity index (χ3n) is 1.84. The van der Waals surface area contributed by atoms with E-state index in [1.807, 2.05) is 0 Å². The van der Waals surface area contributed by atoms with Crippen LogP contribution in [0.5, 0.6) is 0 Å². The van der Waals surface area contributed by atoms with E-state index in [0.717, 1.165) is 32.8 Å².